The number of nitrogens with one attached hydrogen (secondary N) is 2. The van der Waals surface area contributed by atoms with Gasteiger partial charge in [0.2, 0.25) is 6.41 Å². The van der Waals surface area contributed by atoms with E-state index in [0.29, 0.717) is 6.04 Å². The molecular weight excluding hydrogens is 358 g/mol. The summed E-state index contributed by atoms with van der Waals surface area (Å²) in [7, 11) is 1.70. The van der Waals surface area contributed by atoms with E-state index in [0.717, 1.165) is 50.3 Å². The van der Waals surface area contributed by atoms with E-state index in [1.165, 1.54) is 23.1 Å². The van der Waals surface area contributed by atoms with Gasteiger partial charge >= 0.3 is 0 Å². The van der Waals surface area contributed by atoms with Crippen LogP contribution in [0.4, 0.5) is 5.69 Å². The molecule has 2 N–H and O–H groups in total. The lowest BCUT2D eigenvalue weighted by atomic mass is 10.1. The third kappa shape index (κ3) is 9.73. The Labute approximate surface area is 170 Å². The van der Waals surface area contributed by atoms with Gasteiger partial charge in [-0.1, -0.05) is 32.4 Å². The molecule has 0 aromatic heterocycles. The number of carbonyl (C=O) groups excluding carboxylic acids is 1. The van der Waals surface area contributed by atoms with Crippen molar-refractivity contribution in [3.8, 4) is 5.75 Å². The van der Waals surface area contributed by atoms with E-state index >= 15 is 0 Å². The molecule has 5 nitrogen and oxygen atoms in total. The molecule has 1 aliphatic rings. The maximum absolute atomic E-state index is 10.4. The molecule has 1 fully saturated rings. The van der Waals surface area contributed by atoms with E-state index in [4.69, 9.17) is 4.74 Å². The Hall–Kier alpha value is -1.66. The highest BCUT2D eigenvalue weighted by molar-refractivity contribution is 8.00. The van der Waals surface area contributed by atoms with Gasteiger partial charge in [-0.05, 0) is 62.3 Å². The van der Waals surface area contributed by atoms with Crippen LogP contribution in [0.1, 0.15) is 44.7 Å². The van der Waals surface area contributed by atoms with Gasteiger partial charge in [-0.25, -0.2) is 0 Å². The minimum atomic E-state index is 0.532. The molecule has 1 heterocycles. The number of likely N-dealkylation sites (tertiary alicyclic amines) is 1. The second kappa shape index (κ2) is 15.4. The molecule has 1 aliphatic heterocycles. The molecule has 0 saturated carbocycles. The third-order valence-electron chi connectivity index (χ3n) is 4.18. The number of amides is 1. The average Bonchev–Trinajstić information content (AvgIpc) is 2.71. The van der Waals surface area contributed by atoms with Crippen LogP contribution in [0.25, 0.3) is 0 Å². The second-order valence-electron chi connectivity index (χ2n) is 5.99. The van der Waals surface area contributed by atoms with Crippen molar-refractivity contribution < 1.29 is 9.53 Å². The predicted molar refractivity (Wildman–Crippen MR) is 120 cm³/mol. The first-order valence-electron chi connectivity index (χ1n) is 9.66. The van der Waals surface area contributed by atoms with Crippen LogP contribution in [0.3, 0.4) is 0 Å². The van der Waals surface area contributed by atoms with Crippen molar-refractivity contribution >= 4 is 24.0 Å². The smallest absolute Gasteiger partial charge is 0.209 e. The van der Waals surface area contributed by atoms with Crippen molar-refractivity contribution in [3.05, 3.63) is 35.2 Å². The van der Waals surface area contributed by atoms with Crippen LogP contribution in [-0.2, 0) is 4.79 Å². The van der Waals surface area contributed by atoms with Gasteiger partial charge < -0.3 is 15.0 Å². The Morgan fingerprint density at radius 3 is 2.33 bits per heavy atom. The van der Waals surface area contributed by atoms with Crippen molar-refractivity contribution in [2.24, 2.45) is 0 Å². The van der Waals surface area contributed by atoms with Gasteiger partial charge in [-0.15, -0.1) is 0 Å². The monoisotopic (exact) mass is 395 g/mol. The van der Waals surface area contributed by atoms with Crippen molar-refractivity contribution in [1.29, 1.82) is 0 Å². The number of benzene rings is 1. The summed E-state index contributed by atoms with van der Waals surface area (Å²) in [5.74, 6) is 0.921. The van der Waals surface area contributed by atoms with Gasteiger partial charge in [0, 0.05) is 25.7 Å². The van der Waals surface area contributed by atoms with Crippen molar-refractivity contribution in [2.45, 2.75) is 53.5 Å². The van der Waals surface area contributed by atoms with Gasteiger partial charge in [-0.2, -0.15) is 0 Å². The lowest BCUT2D eigenvalue weighted by Crippen LogP contribution is -2.39. The van der Waals surface area contributed by atoms with E-state index < -0.39 is 0 Å². The summed E-state index contributed by atoms with van der Waals surface area (Å²) < 4.78 is 8.54. The number of hydrogen-bond acceptors (Lipinski definition) is 5. The molecule has 27 heavy (non-hydrogen) atoms. The summed E-state index contributed by atoms with van der Waals surface area (Å²) in [5.41, 5.74) is 3.63. The molecule has 1 saturated heterocycles. The summed E-state index contributed by atoms with van der Waals surface area (Å²) >= 11 is 1.53. The minimum absolute atomic E-state index is 0.532. The largest absolute Gasteiger partial charge is 0.495 e. The maximum atomic E-state index is 10.4. The summed E-state index contributed by atoms with van der Waals surface area (Å²) in [6.45, 7) is 16.5. The Morgan fingerprint density at radius 2 is 1.85 bits per heavy atom. The predicted octanol–water partition coefficient (Wildman–Crippen LogP) is 4.76. The Morgan fingerprint density at radius 1 is 1.26 bits per heavy atom. The number of piperidine rings is 1. The number of methoxy groups -OCH3 is 1. The highest BCUT2D eigenvalue weighted by Gasteiger charge is 2.16. The molecule has 154 valence electrons. The van der Waals surface area contributed by atoms with Crippen LogP contribution < -0.4 is 14.8 Å². The van der Waals surface area contributed by atoms with Gasteiger partial charge in [0.25, 0.3) is 0 Å². The van der Waals surface area contributed by atoms with Crippen LogP contribution in [0.15, 0.2) is 24.1 Å². The number of ether oxygens (including phenoxy) is 1. The Kier molecular flexibility index (Phi) is 14.5. The number of rotatable bonds is 7. The molecule has 0 bridgehead atoms. The van der Waals surface area contributed by atoms with Crippen LogP contribution in [0, 0.1) is 13.8 Å². The van der Waals surface area contributed by atoms with E-state index in [1.807, 2.05) is 18.7 Å². The first-order chi connectivity index (χ1) is 13.0. The van der Waals surface area contributed by atoms with Crippen LogP contribution in [-0.4, -0.2) is 44.1 Å². The van der Waals surface area contributed by atoms with Gasteiger partial charge in [0.15, 0.2) is 0 Å². The van der Waals surface area contributed by atoms with E-state index in [-0.39, 0.29) is 0 Å². The molecule has 0 unspecified atom stereocenters. The van der Waals surface area contributed by atoms with E-state index in [1.54, 1.807) is 12.5 Å². The number of hydrogen-bond donors (Lipinski definition) is 2. The van der Waals surface area contributed by atoms with Crippen molar-refractivity contribution in [1.82, 2.24) is 9.62 Å². The topological polar surface area (TPSA) is 53.6 Å². The summed E-state index contributed by atoms with van der Waals surface area (Å²) in [6, 6.07) is 4.72. The maximum Gasteiger partial charge on any atom is 0.209 e. The first kappa shape index (κ1) is 25.3. The molecule has 2 rings (SSSR count). The molecule has 0 radical (unpaired) electrons. The van der Waals surface area contributed by atoms with Crippen LogP contribution in [0.2, 0.25) is 0 Å². The van der Waals surface area contributed by atoms with Crippen molar-refractivity contribution in [3.63, 3.8) is 0 Å². The van der Waals surface area contributed by atoms with Crippen LogP contribution in [0.5, 0.6) is 5.75 Å². The number of carbonyl (C=O) groups is 1. The zero-order valence-electron chi connectivity index (χ0n) is 17.8. The molecule has 1 aromatic carbocycles. The second-order valence-corrected chi connectivity index (χ2v) is 6.79. The standard InChI is InChI=1S/C11H17NO.C8H14N2OS.C2H6/c1-5-12-10-6-8(2)9(3)7-11(10)13-4;1-2-12-9-8-3-5-10(7-11)6-4-8;1-2/h6-7,12H,5H2,1-4H3;2,7-9H,1,3-6H2;1-2H3. The van der Waals surface area contributed by atoms with E-state index in [9.17, 15) is 4.79 Å². The SMILES string of the molecule is C=CSNC1CCN(C=O)CC1.CC.CCNc1cc(C)c(C)cc1OC. The first-order valence-corrected chi connectivity index (χ1v) is 10.5. The van der Waals surface area contributed by atoms with E-state index in [2.05, 4.69) is 49.5 Å². The van der Waals surface area contributed by atoms with Gasteiger partial charge in [-0.3, -0.25) is 9.52 Å². The Bertz CT molecular complexity index is 544. The fraction of sp³-hybridized carbons (Fsp3) is 0.571. The molecule has 0 spiro atoms. The molecular formula is C21H37N3O2S. The highest BCUT2D eigenvalue weighted by atomic mass is 32.2. The van der Waals surface area contributed by atoms with Crippen LogP contribution >= 0.6 is 11.9 Å². The fourth-order valence-corrected chi connectivity index (χ4v) is 3.08. The zero-order chi connectivity index (χ0) is 20.7. The molecule has 6 heteroatoms. The molecule has 0 atom stereocenters. The molecule has 0 aliphatic carbocycles. The Balaban J connectivity index is 0.000000460. The lowest BCUT2D eigenvalue weighted by molar-refractivity contribution is -0.119. The average molecular weight is 396 g/mol. The zero-order valence-corrected chi connectivity index (χ0v) is 18.6. The minimum Gasteiger partial charge on any atom is -0.495 e. The highest BCUT2D eigenvalue weighted by Crippen LogP contribution is 2.27. The normalized spacial score (nSPS) is 13.5. The molecule has 1 aromatic rings. The quantitative estimate of drug-likeness (QED) is 0.515. The summed E-state index contributed by atoms with van der Waals surface area (Å²) in [6.07, 6.45) is 3.01. The third-order valence-corrected chi connectivity index (χ3v) is 4.82. The van der Waals surface area contributed by atoms with Gasteiger partial charge in [0.1, 0.15) is 5.75 Å². The summed E-state index contributed by atoms with van der Waals surface area (Å²) in [4.78, 5) is 12.2. The van der Waals surface area contributed by atoms with Gasteiger partial charge in [0.05, 0.1) is 12.8 Å². The van der Waals surface area contributed by atoms with Crippen molar-refractivity contribution in [2.75, 3.05) is 32.1 Å². The lowest BCUT2D eigenvalue weighted by Gasteiger charge is -2.28. The number of anilines is 1. The fourth-order valence-electron chi connectivity index (χ4n) is 2.55. The number of aryl methyl sites for hydroxylation is 2. The molecule has 1 amide bonds. The summed E-state index contributed by atoms with van der Waals surface area (Å²) in [5, 5.41) is 5.05. The number of nitrogens with zero attached hydrogens (tertiary/aromatic N) is 1.